The maximum Gasteiger partial charge on any atom is 0.163 e. The first-order chi connectivity index (χ1) is 5.02. The third-order valence-corrected chi connectivity index (χ3v) is 1.81. The van der Waals surface area contributed by atoms with E-state index in [2.05, 4.69) is 20.8 Å². The molecule has 0 unspecified atom stereocenters. The molecule has 0 aliphatic heterocycles. The lowest BCUT2D eigenvalue weighted by atomic mass is 9.81. The standard InChI is InChI=1S/C10H14O/c1-10(2,3)8-6-4-5-7-9(8)11/h4-6H,7H2,1-3H3. The number of allylic oxidation sites excluding steroid dienone is 4. The van der Waals surface area contributed by atoms with Crippen LogP contribution in [0, 0.1) is 5.41 Å². The van der Waals surface area contributed by atoms with Crippen molar-refractivity contribution < 1.29 is 4.79 Å². The van der Waals surface area contributed by atoms with Gasteiger partial charge in [-0.25, -0.2) is 0 Å². The lowest BCUT2D eigenvalue weighted by molar-refractivity contribution is -0.115. The summed E-state index contributed by atoms with van der Waals surface area (Å²) < 4.78 is 0. The molecular formula is C10H14O. The van der Waals surface area contributed by atoms with Crippen LogP contribution in [0.1, 0.15) is 27.2 Å². The minimum absolute atomic E-state index is 0.00183. The molecule has 0 heterocycles. The molecule has 0 fully saturated rings. The van der Waals surface area contributed by atoms with Crippen LogP contribution in [0.15, 0.2) is 23.8 Å². The summed E-state index contributed by atoms with van der Waals surface area (Å²) in [5.41, 5.74) is 0.946. The predicted molar refractivity (Wildman–Crippen MR) is 46.3 cm³/mol. The van der Waals surface area contributed by atoms with E-state index < -0.39 is 0 Å². The zero-order chi connectivity index (χ0) is 8.48. The van der Waals surface area contributed by atoms with Gasteiger partial charge in [0.05, 0.1) is 0 Å². The molecule has 0 aromatic rings. The molecule has 1 aliphatic rings. The van der Waals surface area contributed by atoms with Gasteiger partial charge in [-0.3, -0.25) is 4.79 Å². The molecule has 0 atom stereocenters. The molecule has 0 radical (unpaired) electrons. The molecule has 0 aromatic carbocycles. The summed E-state index contributed by atoms with van der Waals surface area (Å²) in [6, 6.07) is 0. The summed E-state index contributed by atoms with van der Waals surface area (Å²) in [5.74, 6) is 0.264. The smallest absolute Gasteiger partial charge is 0.163 e. The summed E-state index contributed by atoms with van der Waals surface area (Å²) >= 11 is 0. The van der Waals surface area contributed by atoms with Gasteiger partial charge >= 0.3 is 0 Å². The molecule has 0 bridgehead atoms. The van der Waals surface area contributed by atoms with Gasteiger partial charge in [-0.2, -0.15) is 0 Å². The Balaban J connectivity index is 2.93. The summed E-state index contributed by atoms with van der Waals surface area (Å²) in [7, 11) is 0. The fourth-order valence-corrected chi connectivity index (χ4v) is 1.21. The summed E-state index contributed by atoms with van der Waals surface area (Å²) in [5, 5.41) is 0. The van der Waals surface area contributed by atoms with E-state index in [0.29, 0.717) is 6.42 Å². The average Bonchev–Trinajstić information content (AvgIpc) is 1.86. The molecule has 1 nitrogen and oxygen atoms in total. The van der Waals surface area contributed by atoms with Crippen molar-refractivity contribution in [2.24, 2.45) is 5.41 Å². The van der Waals surface area contributed by atoms with Crippen molar-refractivity contribution in [3.63, 3.8) is 0 Å². The summed E-state index contributed by atoms with van der Waals surface area (Å²) in [6.07, 6.45) is 6.36. The van der Waals surface area contributed by atoms with Gasteiger partial charge in [0.2, 0.25) is 0 Å². The monoisotopic (exact) mass is 150 g/mol. The number of hydrogen-bond acceptors (Lipinski definition) is 1. The molecule has 0 N–H and O–H groups in total. The maximum absolute atomic E-state index is 11.3. The number of ketones is 1. The van der Waals surface area contributed by atoms with Gasteiger partial charge < -0.3 is 0 Å². The number of carbonyl (C=O) groups excluding carboxylic acids is 1. The van der Waals surface area contributed by atoms with Gasteiger partial charge in [0.1, 0.15) is 0 Å². The van der Waals surface area contributed by atoms with Gasteiger partial charge in [-0.05, 0) is 5.41 Å². The second-order valence-electron chi connectivity index (χ2n) is 3.89. The lowest BCUT2D eigenvalue weighted by Crippen LogP contribution is -2.18. The first-order valence-corrected chi connectivity index (χ1v) is 3.92. The van der Waals surface area contributed by atoms with Crippen molar-refractivity contribution in [3.05, 3.63) is 23.8 Å². The Bertz CT molecular complexity index is 226. The molecule has 0 saturated carbocycles. The second-order valence-corrected chi connectivity index (χ2v) is 3.89. The Morgan fingerprint density at radius 1 is 1.36 bits per heavy atom. The van der Waals surface area contributed by atoms with Crippen LogP contribution >= 0.6 is 0 Å². The van der Waals surface area contributed by atoms with Gasteiger partial charge in [0.15, 0.2) is 5.78 Å². The van der Waals surface area contributed by atoms with Crippen molar-refractivity contribution >= 4 is 5.78 Å². The Labute approximate surface area is 67.8 Å². The number of Topliss-reactive ketones (excluding diaryl/α,β-unsaturated/α-hetero) is 1. The van der Waals surface area contributed by atoms with E-state index in [9.17, 15) is 4.79 Å². The van der Waals surface area contributed by atoms with Crippen LogP contribution < -0.4 is 0 Å². The van der Waals surface area contributed by atoms with Gasteiger partial charge in [0.25, 0.3) is 0 Å². The first kappa shape index (κ1) is 8.25. The highest BCUT2D eigenvalue weighted by Crippen LogP contribution is 2.28. The molecule has 1 heteroatoms. The predicted octanol–water partition coefficient (Wildman–Crippen LogP) is 2.49. The normalized spacial score (nSPS) is 18.5. The summed E-state index contributed by atoms with van der Waals surface area (Å²) in [4.78, 5) is 11.3. The second kappa shape index (κ2) is 2.65. The largest absolute Gasteiger partial charge is 0.294 e. The number of carbonyl (C=O) groups is 1. The highest BCUT2D eigenvalue weighted by atomic mass is 16.1. The number of hydrogen-bond donors (Lipinski definition) is 0. The molecular weight excluding hydrogens is 136 g/mol. The van der Waals surface area contributed by atoms with Crippen LogP contribution in [0.3, 0.4) is 0 Å². The van der Waals surface area contributed by atoms with Gasteiger partial charge in [0, 0.05) is 12.0 Å². The van der Waals surface area contributed by atoms with Crippen molar-refractivity contribution in [2.45, 2.75) is 27.2 Å². The minimum Gasteiger partial charge on any atom is -0.294 e. The Morgan fingerprint density at radius 2 is 2.00 bits per heavy atom. The molecule has 0 aromatic heterocycles. The Morgan fingerprint density at radius 3 is 2.36 bits per heavy atom. The molecule has 0 spiro atoms. The molecule has 0 amide bonds. The highest BCUT2D eigenvalue weighted by molar-refractivity contribution is 5.98. The topological polar surface area (TPSA) is 17.1 Å². The van der Waals surface area contributed by atoms with Crippen LogP contribution in [0.5, 0.6) is 0 Å². The molecule has 1 aliphatic carbocycles. The van der Waals surface area contributed by atoms with Crippen molar-refractivity contribution in [1.82, 2.24) is 0 Å². The quantitative estimate of drug-likeness (QED) is 0.518. The molecule has 0 saturated heterocycles. The Hall–Kier alpha value is -0.850. The maximum atomic E-state index is 11.3. The zero-order valence-corrected chi connectivity index (χ0v) is 7.35. The van der Waals surface area contributed by atoms with Crippen LogP contribution in [0.2, 0.25) is 0 Å². The minimum atomic E-state index is 0.00183. The SMILES string of the molecule is CC(C)(C)C1=CC=CCC1=O. The third-order valence-electron chi connectivity index (χ3n) is 1.81. The van der Waals surface area contributed by atoms with Crippen LogP contribution in [0.25, 0.3) is 0 Å². The summed E-state index contributed by atoms with van der Waals surface area (Å²) in [6.45, 7) is 6.20. The zero-order valence-electron chi connectivity index (χ0n) is 7.35. The van der Waals surface area contributed by atoms with E-state index >= 15 is 0 Å². The first-order valence-electron chi connectivity index (χ1n) is 3.92. The van der Waals surface area contributed by atoms with E-state index in [0.717, 1.165) is 5.57 Å². The molecule has 1 rings (SSSR count). The fraction of sp³-hybridized carbons (Fsp3) is 0.500. The molecule has 11 heavy (non-hydrogen) atoms. The average molecular weight is 150 g/mol. The van der Waals surface area contributed by atoms with Crippen LogP contribution in [0.4, 0.5) is 0 Å². The lowest BCUT2D eigenvalue weighted by Gasteiger charge is -2.22. The molecule has 60 valence electrons. The van der Waals surface area contributed by atoms with E-state index in [1.807, 2.05) is 18.2 Å². The van der Waals surface area contributed by atoms with Crippen molar-refractivity contribution in [1.29, 1.82) is 0 Å². The Kier molecular flexibility index (Phi) is 1.99. The van der Waals surface area contributed by atoms with Crippen LogP contribution in [-0.4, -0.2) is 5.78 Å². The van der Waals surface area contributed by atoms with Crippen molar-refractivity contribution in [3.8, 4) is 0 Å². The van der Waals surface area contributed by atoms with E-state index in [1.165, 1.54) is 0 Å². The highest BCUT2D eigenvalue weighted by Gasteiger charge is 2.23. The fourth-order valence-electron chi connectivity index (χ4n) is 1.21. The van der Waals surface area contributed by atoms with Crippen molar-refractivity contribution in [2.75, 3.05) is 0 Å². The van der Waals surface area contributed by atoms with E-state index in [4.69, 9.17) is 0 Å². The van der Waals surface area contributed by atoms with Gasteiger partial charge in [-0.15, -0.1) is 0 Å². The van der Waals surface area contributed by atoms with Crippen LogP contribution in [-0.2, 0) is 4.79 Å². The number of rotatable bonds is 0. The van der Waals surface area contributed by atoms with E-state index in [-0.39, 0.29) is 11.2 Å². The van der Waals surface area contributed by atoms with E-state index in [1.54, 1.807) is 0 Å². The third kappa shape index (κ3) is 1.79. The van der Waals surface area contributed by atoms with Gasteiger partial charge in [-0.1, -0.05) is 39.0 Å².